The van der Waals surface area contributed by atoms with Crippen LogP contribution in [0.25, 0.3) is 5.70 Å². The molecule has 0 spiro atoms. The van der Waals surface area contributed by atoms with E-state index in [1.807, 2.05) is 31.2 Å². The number of fused-ring (bicyclic) bond motifs is 1. The molecule has 0 saturated heterocycles. The van der Waals surface area contributed by atoms with E-state index in [-0.39, 0.29) is 6.54 Å². The molecule has 4 heteroatoms. The van der Waals surface area contributed by atoms with Crippen LogP contribution in [-0.2, 0) is 11.2 Å². The molecule has 0 saturated carbocycles. The van der Waals surface area contributed by atoms with E-state index < -0.39 is 5.97 Å². The Labute approximate surface area is 124 Å². The van der Waals surface area contributed by atoms with Gasteiger partial charge in [-0.3, -0.25) is 9.79 Å². The minimum absolute atomic E-state index is 0.108. The van der Waals surface area contributed by atoms with Gasteiger partial charge in [0.15, 0.2) is 0 Å². The van der Waals surface area contributed by atoms with Crippen molar-refractivity contribution in [2.75, 3.05) is 11.4 Å². The monoisotopic (exact) mass is 282 g/mol. The van der Waals surface area contributed by atoms with Gasteiger partial charge in [0.1, 0.15) is 6.54 Å². The maximum atomic E-state index is 11.2. The van der Waals surface area contributed by atoms with Crippen LogP contribution >= 0.6 is 0 Å². The zero-order valence-electron chi connectivity index (χ0n) is 12.1. The summed E-state index contributed by atoms with van der Waals surface area (Å²) in [7, 11) is 0. The molecule has 0 fully saturated rings. The number of anilines is 1. The molecule has 0 aliphatic carbocycles. The van der Waals surface area contributed by atoms with Crippen molar-refractivity contribution >= 4 is 24.1 Å². The van der Waals surface area contributed by atoms with E-state index in [9.17, 15) is 9.90 Å². The van der Waals surface area contributed by atoms with Gasteiger partial charge in [-0.1, -0.05) is 31.4 Å². The first-order valence-electron chi connectivity index (χ1n) is 6.60. The summed E-state index contributed by atoms with van der Waals surface area (Å²) in [5.74, 6) is -0.888. The van der Waals surface area contributed by atoms with Gasteiger partial charge in [0.05, 0.1) is 5.70 Å². The highest BCUT2D eigenvalue weighted by Crippen LogP contribution is 2.36. The Bertz CT molecular complexity index is 671. The zero-order valence-corrected chi connectivity index (χ0v) is 12.1. The van der Waals surface area contributed by atoms with Crippen molar-refractivity contribution in [2.24, 2.45) is 4.99 Å². The van der Waals surface area contributed by atoms with Crippen LogP contribution < -0.4 is 4.90 Å². The van der Waals surface area contributed by atoms with E-state index in [1.165, 1.54) is 0 Å². The molecule has 4 nitrogen and oxygen atoms in total. The Morgan fingerprint density at radius 2 is 2.24 bits per heavy atom. The van der Waals surface area contributed by atoms with Crippen LogP contribution in [0, 0.1) is 0 Å². The topological polar surface area (TPSA) is 52.9 Å². The molecule has 0 unspecified atom stereocenters. The molecule has 0 radical (unpaired) electrons. The van der Waals surface area contributed by atoms with Crippen molar-refractivity contribution in [3.05, 3.63) is 59.8 Å². The summed E-state index contributed by atoms with van der Waals surface area (Å²) in [5.41, 5.74) is 5.08. The van der Waals surface area contributed by atoms with E-state index in [2.05, 4.69) is 24.9 Å². The number of hydrogen-bond donors (Lipinski definition) is 1. The lowest BCUT2D eigenvalue weighted by molar-refractivity contribution is -0.135. The molecule has 0 aromatic heterocycles. The normalized spacial score (nSPS) is 15.8. The third kappa shape index (κ3) is 2.79. The van der Waals surface area contributed by atoms with Gasteiger partial charge in [0, 0.05) is 23.4 Å². The number of allylic oxidation sites excluding steroid dienone is 2. The minimum Gasteiger partial charge on any atom is -0.480 e. The van der Waals surface area contributed by atoms with Crippen LogP contribution in [0.3, 0.4) is 0 Å². The Morgan fingerprint density at radius 3 is 2.81 bits per heavy atom. The Kier molecular flexibility index (Phi) is 4.08. The first-order valence-corrected chi connectivity index (χ1v) is 6.60. The first-order chi connectivity index (χ1) is 9.97. The number of carboxylic acid groups (broad SMARTS) is 1. The number of aliphatic carboxylic acids is 1. The van der Waals surface area contributed by atoms with Gasteiger partial charge in [-0.25, -0.2) is 0 Å². The second-order valence-electron chi connectivity index (χ2n) is 4.88. The Balaban J connectivity index is 2.58. The summed E-state index contributed by atoms with van der Waals surface area (Å²) < 4.78 is 0. The summed E-state index contributed by atoms with van der Waals surface area (Å²) in [6, 6.07) is 5.79. The van der Waals surface area contributed by atoms with Gasteiger partial charge in [-0.05, 0) is 30.8 Å². The number of hydrogen-bond acceptors (Lipinski definition) is 3. The minimum atomic E-state index is -0.888. The van der Waals surface area contributed by atoms with Crippen molar-refractivity contribution in [1.29, 1.82) is 0 Å². The Morgan fingerprint density at radius 1 is 1.52 bits per heavy atom. The first kappa shape index (κ1) is 14.8. The fourth-order valence-electron chi connectivity index (χ4n) is 2.54. The fraction of sp³-hybridized carbons (Fsp3) is 0.176. The van der Waals surface area contributed by atoms with Crippen LogP contribution in [0.4, 0.5) is 5.69 Å². The zero-order chi connectivity index (χ0) is 15.6. The molecule has 1 aromatic carbocycles. The molecule has 1 aliphatic heterocycles. The van der Waals surface area contributed by atoms with E-state index >= 15 is 0 Å². The van der Waals surface area contributed by atoms with Gasteiger partial charge in [0.2, 0.25) is 0 Å². The predicted octanol–water partition coefficient (Wildman–Crippen LogP) is 3.27. The lowest BCUT2D eigenvalue weighted by Crippen LogP contribution is -2.33. The fourth-order valence-corrected chi connectivity index (χ4v) is 2.54. The summed E-state index contributed by atoms with van der Waals surface area (Å²) in [6.45, 7) is 13.1. The van der Waals surface area contributed by atoms with Crippen molar-refractivity contribution in [3.8, 4) is 0 Å². The molecular formula is C17H18N2O2. The maximum Gasteiger partial charge on any atom is 0.323 e. The van der Waals surface area contributed by atoms with Crippen molar-refractivity contribution < 1.29 is 9.90 Å². The SMILES string of the molecule is C=NC(=C)c1ccc2c(c1)N(CC(=O)O)/C(=C\C)C(=C)C2. The summed E-state index contributed by atoms with van der Waals surface area (Å²) >= 11 is 0. The summed E-state index contributed by atoms with van der Waals surface area (Å²) in [6.07, 6.45) is 2.60. The van der Waals surface area contributed by atoms with Crippen LogP contribution in [0.15, 0.2) is 53.7 Å². The lowest BCUT2D eigenvalue weighted by atomic mass is 9.93. The molecule has 2 rings (SSSR count). The molecule has 0 amide bonds. The molecule has 1 aromatic rings. The van der Waals surface area contributed by atoms with Crippen LogP contribution in [0.5, 0.6) is 0 Å². The molecule has 0 bridgehead atoms. The molecule has 108 valence electrons. The van der Waals surface area contributed by atoms with E-state index in [4.69, 9.17) is 0 Å². The van der Waals surface area contributed by atoms with Gasteiger partial charge in [0.25, 0.3) is 0 Å². The standard InChI is InChI=1S/C17H18N2O2/c1-5-15-11(2)8-14-7-6-13(12(3)18-4)9-16(14)19(15)10-17(20)21/h5-7,9H,2-4,8,10H2,1H3,(H,20,21)/b15-5-. The van der Waals surface area contributed by atoms with E-state index in [0.29, 0.717) is 12.1 Å². The van der Waals surface area contributed by atoms with Crippen LogP contribution in [0.2, 0.25) is 0 Å². The predicted molar refractivity (Wildman–Crippen MR) is 86.6 cm³/mol. The van der Waals surface area contributed by atoms with Gasteiger partial charge in [-0.2, -0.15) is 0 Å². The smallest absolute Gasteiger partial charge is 0.323 e. The largest absolute Gasteiger partial charge is 0.480 e. The molecule has 1 aliphatic rings. The molecule has 0 atom stereocenters. The second kappa shape index (κ2) is 5.79. The number of rotatable bonds is 4. The average Bonchev–Trinajstić information content (AvgIpc) is 2.45. The summed E-state index contributed by atoms with van der Waals surface area (Å²) in [4.78, 5) is 16.8. The number of nitrogens with zero attached hydrogens (tertiary/aromatic N) is 2. The third-order valence-electron chi connectivity index (χ3n) is 3.52. The van der Waals surface area contributed by atoms with Gasteiger partial charge >= 0.3 is 5.97 Å². The molecule has 21 heavy (non-hydrogen) atoms. The van der Waals surface area contributed by atoms with E-state index in [0.717, 1.165) is 28.1 Å². The van der Waals surface area contributed by atoms with Crippen molar-refractivity contribution in [3.63, 3.8) is 0 Å². The lowest BCUT2D eigenvalue weighted by Gasteiger charge is -2.34. The molecule has 1 heterocycles. The molecule has 1 N–H and O–H groups in total. The highest BCUT2D eigenvalue weighted by Gasteiger charge is 2.25. The number of carboxylic acids is 1. The van der Waals surface area contributed by atoms with Crippen molar-refractivity contribution in [2.45, 2.75) is 13.3 Å². The van der Waals surface area contributed by atoms with Gasteiger partial charge in [-0.15, -0.1) is 0 Å². The molecular weight excluding hydrogens is 264 g/mol. The van der Waals surface area contributed by atoms with Crippen molar-refractivity contribution in [1.82, 2.24) is 0 Å². The highest BCUT2D eigenvalue weighted by atomic mass is 16.4. The summed E-state index contributed by atoms with van der Waals surface area (Å²) in [5, 5.41) is 9.17. The second-order valence-corrected chi connectivity index (χ2v) is 4.88. The maximum absolute atomic E-state index is 11.2. The third-order valence-corrected chi connectivity index (χ3v) is 3.52. The number of carbonyl (C=O) groups is 1. The average molecular weight is 282 g/mol. The number of benzene rings is 1. The highest BCUT2D eigenvalue weighted by molar-refractivity contribution is 5.80. The quantitative estimate of drug-likeness (QED) is 0.862. The van der Waals surface area contributed by atoms with E-state index in [1.54, 1.807) is 4.90 Å². The Hall–Kier alpha value is -2.62. The number of aliphatic imine (C=N–C) groups is 1. The van der Waals surface area contributed by atoms with Gasteiger partial charge < -0.3 is 10.0 Å². The van der Waals surface area contributed by atoms with Crippen LogP contribution in [-0.4, -0.2) is 24.3 Å². The van der Waals surface area contributed by atoms with Crippen LogP contribution in [0.1, 0.15) is 18.1 Å².